The van der Waals surface area contributed by atoms with E-state index in [1.54, 1.807) is 23.1 Å². The van der Waals surface area contributed by atoms with Gasteiger partial charge in [0, 0.05) is 11.0 Å². The van der Waals surface area contributed by atoms with Crippen molar-refractivity contribution < 1.29 is 13.9 Å². The quantitative estimate of drug-likeness (QED) is 0.336. The van der Waals surface area contributed by atoms with Gasteiger partial charge in [-0.05, 0) is 54.8 Å². The van der Waals surface area contributed by atoms with Crippen LogP contribution in [0.15, 0.2) is 86.5 Å². The van der Waals surface area contributed by atoms with Gasteiger partial charge in [-0.1, -0.05) is 58.4 Å². The molecule has 0 saturated carbocycles. The molecule has 1 aliphatic rings. The van der Waals surface area contributed by atoms with Gasteiger partial charge >= 0.3 is 0 Å². The van der Waals surface area contributed by atoms with E-state index in [-0.39, 0.29) is 17.1 Å². The number of carbonyl (C=O) groups is 1. The zero-order chi connectivity index (χ0) is 22.9. The first-order chi connectivity index (χ1) is 16.1. The minimum Gasteiger partial charge on any atom is -0.494 e. The highest BCUT2D eigenvalue weighted by atomic mass is 79.9. The third-order valence-electron chi connectivity index (χ3n) is 5.90. The Morgan fingerprint density at radius 2 is 1.82 bits per heavy atom. The van der Waals surface area contributed by atoms with Gasteiger partial charge < -0.3 is 14.1 Å². The van der Waals surface area contributed by atoms with Gasteiger partial charge in [-0.3, -0.25) is 9.59 Å². The summed E-state index contributed by atoms with van der Waals surface area (Å²) in [5.74, 6) is 0.552. The molecule has 3 aromatic carbocycles. The van der Waals surface area contributed by atoms with Crippen molar-refractivity contribution >= 4 is 32.8 Å². The maximum absolute atomic E-state index is 13.6. The largest absolute Gasteiger partial charge is 0.494 e. The molecule has 0 spiro atoms. The summed E-state index contributed by atoms with van der Waals surface area (Å²) in [7, 11) is 0. The van der Waals surface area contributed by atoms with Crippen LogP contribution in [0.5, 0.6) is 5.75 Å². The van der Waals surface area contributed by atoms with Gasteiger partial charge in [0.05, 0.1) is 23.6 Å². The van der Waals surface area contributed by atoms with Crippen LogP contribution in [0.25, 0.3) is 11.0 Å². The third kappa shape index (κ3) is 3.95. The average molecular weight is 504 g/mol. The minimum atomic E-state index is -0.545. The van der Waals surface area contributed by atoms with Crippen LogP contribution in [0.1, 0.15) is 40.2 Å². The van der Waals surface area contributed by atoms with Crippen molar-refractivity contribution in [1.29, 1.82) is 0 Å². The smallest absolute Gasteiger partial charge is 0.290 e. The van der Waals surface area contributed by atoms with E-state index in [0.717, 1.165) is 15.6 Å². The number of benzene rings is 3. The molecule has 0 N–H and O–H groups in total. The van der Waals surface area contributed by atoms with Crippen molar-refractivity contribution in [2.45, 2.75) is 19.4 Å². The van der Waals surface area contributed by atoms with E-state index in [2.05, 4.69) is 15.9 Å². The first-order valence-electron chi connectivity index (χ1n) is 10.9. The second-order valence-corrected chi connectivity index (χ2v) is 8.87. The molecule has 1 unspecified atom stereocenters. The van der Waals surface area contributed by atoms with E-state index >= 15 is 0 Å². The number of fused-ring (bicyclic) bond motifs is 2. The zero-order valence-electron chi connectivity index (χ0n) is 18.1. The second-order valence-electron chi connectivity index (χ2n) is 7.96. The van der Waals surface area contributed by atoms with Crippen molar-refractivity contribution in [2.75, 3.05) is 13.2 Å². The Bertz CT molecular complexity index is 1400. The van der Waals surface area contributed by atoms with E-state index in [0.29, 0.717) is 41.9 Å². The fraction of sp³-hybridized carbons (Fsp3) is 0.185. The van der Waals surface area contributed by atoms with Crippen molar-refractivity contribution in [1.82, 2.24) is 4.90 Å². The molecular weight excluding hydrogens is 482 g/mol. The summed E-state index contributed by atoms with van der Waals surface area (Å²) >= 11 is 3.43. The Balaban J connectivity index is 1.65. The van der Waals surface area contributed by atoms with E-state index in [1.165, 1.54) is 0 Å². The molecule has 1 amide bonds. The van der Waals surface area contributed by atoms with Crippen molar-refractivity contribution in [3.63, 3.8) is 0 Å². The lowest BCUT2D eigenvalue weighted by molar-refractivity contribution is 0.0730. The summed E-state index contributed by atoms with van der Waals surface area (Å²) in [6.07, 6.45) is 0.668. The van der Waals surface area contributed by atoms with Crippen LogP contribution >= 0.6 is 15.9 Å². The van der Waals surface area contributed by atoms with Crippen LogP contribution in [-0.4, -0.2) is 24.0 Å². The number of amides is 1. The van der Waals surface area contributed by atoms with Crippen molar-refractivity contribution in [2.24, 2.45) is 0 Å². The van der Waals surface area contributed by atoms with Crippen molar-refractivity contribution in [3.05, 3.63) is 110 Å². The van der Waals surface area contributed by atoms with Gasteiger partial charge in [0.15, 0.2) is 5.43 Å². The Morgan fingerprint density at radius 1 is 1.00 bits per heavy atom. The molecule has 0 radical (unpaired) electrons. The molecule has 33 heavy (non-hydrogen) atoms. The topological polar surface area (TPSA) is 59.8 Å². The molecule has 1 aliphatic heterocycles. The standard InChI is InChI=1S/C27H22BrNO4/c1-2-32-20-10-6-9-18(15-20)24-23-25(30)21-16-19(28)11-12-22(21)33-26(23)27(31)29(24)14-13-17-7-4-3-5-8-17/h3-12,15-16,24H,2,13-14H2,1H3. The molecule has 0 saturated heterocycles. The number of ether oxygens (including phenoxy) is 1. The van der Waals surface area contributed by atoms with E-state index < -0.39 is 6.04 Å². The molecule has 6 heteroatoms. The van der Waals surface area contributed by atoms with Gasteiger partial charge in [0.2, 0.25) is 5.76 Å². The summed E-state index contributed by atoms with van der Waals surface area (Å²) in [5.41, 5.74) is 2.54. The van der Waals surface area contributed by atoms with Gasteiger partial charge in [-0.25, -0.2) is 0 Å². The monoisotopic (exact) mass is 503 g/mol. The molecule has 2 heterocycles. The lowest BCUT2D eigenvalue weighted by Gasteiger charge is -2.25. The molecular formula is C27H22BrNO4. The number of nitrogens with zero attached hydrogens (tertiary/aromatic N) is 1. The third-order valence-corrected chi connectivity index (χ3v) is 6.39. The molecule has 5 rings (SSSR count). The van der Waals surface area contributed by atoms with Crippen LogP contribution in [0, 0.1) is 0 Å². The number of hydrogen-bond donors (Lipinski definition) is 0. The lowest BCUT2D eigenvalue weighted by atomic mass is 9.98. The minimum absolute atomic E-state index is 0.120. The molecule has 5 nitrogen and oxygen atoms in total. The molecule has 0 bridgehead atoms. The van der Waals surface area contributed by atoms with Crippen LogP contribution in [0.4, 0.5) is 0 Å². The first-order valence-corrected chi connectivity index (χ1v) is 11.7. The predicted octanol–water partition coefficient (Wildman–Crippen LogP) is 5.74. The van der Waals surface area contributed by atoms with Gasteiger partial charge in [-0.2, -0.15) is 0 Å². The van der Waals surface area contributed by atoms with E-state index in [9.17, 15) is 9.59 Å². The summed E-state index contributed by atoms with van der Waals surface area (Å²) in [6.45, 7) is 2.91. The highest BCUT2D eigenvalue weighted by Crippen LogP contribution is 2.39. The number of carbonyl (C=O) groups excluding carboxylic acids is 1. The fourth-order valence-corrected chi connectivity index (χ4v) is 4.77. The van der Waals surface area contributed by atoms with E-state index in [1.807, 2.05) is 61.5 Å². The molecule has 0 fully saturated rings. The summed E-state index contributed by atoms with van der Waals surface area (Å²) in [4.78, 5) is 28.9. The highest BCUT2D eigenvalue weighted by molar-refractivity contribution is 9.10. The molecule has 0 aliphatic carbocycles. The summed E-state index contributed by atoms with van der Waals surface area (Å²) in [5, 5.41) is 0.451. The Morgan fingerprint density at radius 3 is 2.61 bits per heavy atom. The van der Waals surface area contributed by atoms with Gasteiger partial charge in [0.25, 0.3) is 5.91 Å². The lowest BCUT2D eigenvalue weighted by Crippen LogP contribution is -2.31. The van der Waals surface area contributed by atoms with Crippen LogP contribution in [-0.2, 0) is 6.42 Å². The number of rotatable bonds is 6. The Labute approximate surface area is 199 Å². The van der Waals surface area contributed by atoms with Gasteiger partial charge in [0.1, 0.15) is 11.3 Å². The predicted molar refractivity (Wildman–Crippen MR) is 131 cm³/mol. The summed E-state index contributed by atoms with van der Waals surface area (Å²) in [6, 6.07) is 22.3. The molecule has 166 valence electrons. The Hall–Kier alpha value is -3.38. The Kier molecular flexibility index (Phi) is 5.77. The summed E-state index contributed by atoms with van der Waals surface area (Å²) < 4.78 is 12.5. The van der Waals surface area contributed by atoms with Crippen LogP contribution < -0.4 is 10.2 Å². The molecule has 1 atom stereocenters. The maximum Gasteiger partial charge on any atom is 0.290 e. The van der Waals surface area contributed by atoms with Crippen LogP contribution in [0.3, 0.4) is 0 Å². The number of halogens is 1. The average Bonchev–Trinajstić information content (AvgIpc) is 3.11. The molecule has 4 aromatic rings. The van der Waals surface area contributed by atoms with Gasteiger partial charge in [-0.15, -0.1) is 0 Å². The van der Waals surface area contributed by atoms with E-state index in [4.69, 9.17) is 9.15 Å². The van der Waals surface area contributed by atoms with Crippen LogP contribution in [0.2, 0.25) is 0 Å². The fourth-order valence-electron chi connectivity index (χ4n) is 4.41. The SMILES string of the molecule is CCOc1cccc(C2c3c(oc4ccc(Br)cc4c3=O)C(=O)N2CCc2ccccc2)c1. The zero-order valence-corrected chi connectivity index (χ0v) is 19.7. The highest BCUT2D eigenvalue weighted by Gasteiger charge is 2.42. The normalized spacial score (nSPS) is 15.2. The molecule has 1 aromatic heterocycles. The first kappa shape index (κ1) is 21.5. The van der Waals surface area contributed by atoms with Crippen molar-refractivity contribution in [3.8, 4) is 5.75 Å². The number of hydrogen-bond acceptors (Lipinski definition) is 4. The maximum atomic E-state index is 13.6. The second kappa shape index (κ2) is 8.87.